The van der Waals surface area contributed by atoms with Gasteiger partial charge in [-0.15, -0.1) is 0 Å². The Hall–Kier alpha value is -4.26. The first-order valence-electron chi connectivity index (χ1n) is 13.0. The third-order valence-electron chi connectivity index (χ3n) is 7.03. The lowest BCUT2D eigenvalue weighted by Gasteiger charge is -2.21. The van der Waals surface area contributed by atoms with Gasteiger partial charge in [0.2, 0.25) is 10.0 Å². The molecular formula is C33H29N3O2S. The Morgan fingerprint density at radius 1 is 0.718 bits per heavy atom. The molecule has 0 aliphatic heterocycles. The molecule has 0 N–H and O–H groups in total. The van der Waals surface area contributed by atoms with Crippen molar-refractivity contribution in [1.82, 2.24) is 13.9 Å². The van der Waals surface area contributed by atoms with Crippen LogP contribution in [0.4, 0.5) is 0 Å². The molecule has 0 amide bonds. The molecule has 0 spiro atoms. The van der Waals surface area contributed by atoms with Gasteiger partial charge >= 0.3 is 0 Å². The van der Waals surface area contributed by atoms with E-state index in [1.54, 1.807) is 12.1 Å². The molecule has 0 saturated carbocycles. The molecule has 2 heterocycles. The van der Waals surface area contributed by atoms with Crippen LogP contribution in [0.15, 0.2) is 120 Å². The highest BCUT2D eigenvalue weighted by Gasteiger charge is 2.26. The van der Waals surface area contributed by atoms with E-state index in [2.05, 4.69) is 43.3 Å². The maximum Gasteiger partial charge on any atom is 0.243 e. The predicted octanol–water partition coefficient (Wildman–Crippen LogP) is 7.16. The third kappa shape index (κ3) is 4.97. The van der Waals surface area contributed by atoms with Crippen LogP contribution in [0.25, 0.3) is 27.5 Å². The molecule has 0 saturated heterocycles. The summed E-state index contributed by atoms with van der Waals surface area (Å²) < 4.78 is 31.3. The Balaban J connectivity index is 1.49. The second kappa shape index (κ2) is 10.1. The minimum absolute atomic E-state index is 0.147. The molecule has 0 bridgehead atoms. The molecule has 0 aliphatic carbocycles. The number of hydrogen-bond acceptors (Lipinski definition) is 3. The summed E-state index contributed by atoms with van der Waals surface area (Å²) in [6, 6.07) is 37.5. The normalized spacial score (nSPS) is 12.0. The van der Waals surface area contributed by atoms with Crippen molar-refractivity contribution in [3.63, 3.8) is 0 Å². The minimum atomic E-state index is -3.78. The summed E-state index contributed by atoms with van der Waals surface area (Å²) in [6.45, 7) is 4.42. The Bertz CT molecular complexity index is 1880. The van der Waals surface area contributed by atoms with Crippen molar-refractivity contribution in [2.75, 3.05) is 0 Å². The molecule has 39 heavy (non-hydrogen) atoms. The van der Waals surface area contributed by atoms with Gasteiger partial charge in [0.15, 0.2) is 0 Å². The highest BCUT2D eigenvalue weighted by Crippen LogP contribution is 2.30. The fourth-order valence-corrected chi connectivity index (χ4v) is 6.38. The number of benzene rings is 4. The largest absolute Gasteiger partial charge is 0.243 e. The van der Waals surface area contributed by atoms with E-state index < -0.39 is 10.0 Å². The summed E-state index contributed by atoms with van der Waals surface area (Å²) in [7, 11) is -3.78. The van der Waals surface area contributed by atoms with Gasteiger partial charge in [0.1, 0.15) is 0 Å². The zero-order valence-corrected chi connectivity index (χ0v) is 22.8. The van der Waals surface area contributed by atoms with Crippen LogP contribution in [0.1, 0.15) is 22.4 Å². The van der Waals surface area contributed by atoms with Gasteiger partial charge < -0.3 is 0 Å². The quantitative estimate of drug-likeness (QED) is 0.220. The molecule has 0 atom stereocenters. The van der Waals surface area contributed by atoms with Crippen LogP contribution in [-0.2, 0) is 23.1 Å². The van der Waals surface area contributed by atoms with Crippen molar-refractivity contribution in [2.24, 2.45) is 0 Å². The van der Waals surface area contributed by atoms with Gasteiger partial charge in [0, 0.05) is 17.5 Å². The van der Waals surface area contributed by atoms with Crippen molar-refractivity contribution in [3.8, 4) is 11.3 Å². The smallest absolute Gasteiger partial charge is 0.232 e. The van der Waals surface area contributed by atoms with Crippen molar-refractivity contribution < 1.29 is 8.42 Å². The summed E-state index contributed by atoms with van der Waals surface area (Å²) in [5.74, 6) is 0. The lowest BCUT2D eigenvalue weighted by molar-refractivity contribution is 0.396. The topological polar surface area (TPSA) is 54.7 Å². The average molecular weight is 532 g/mol. The molecule has 0 aliphatic rings. The second-order valence-electron chi connectivity index (χ2n) is 9.99. The molecule has 6 aromatic rings. The van der Waals surface area contributed by atoms with Crippen LogP contribution < -0.4 is 0 Å². The maximum atomic E-state index is 13.9. The molecule has 0 radical (unpaired) electrons. The van der Waals surface area contributed by atoms with E-state index >= 15 is 0 Å². The highest BCUT2D eigenvalue weighted by atomic mass is 32.2. The predicted molar refractivity (Wildman–Crippen MR) is 157 cm³/mol. The number of nitrogens with zero attached hydrogens (tertiary/aromatic N) is 3. The first kappa shape index (κ1) is 25.0. The summed E-state index contributed by atoms with van der Waals surface area (Å²) in [5.41, 5.74) is 6.75. The summed E-state index contributed by atoms with van der Waals surface area (Å²) in [6.07, 6.45) is 0. The van der Waals surface area contributed by atoms with E-state index in [-0.39, 0.29) is 18.0 Å². The van der Waals surface area contributed by atoms with E-state index in [4.69, 9.17) is 5.10 Å². The molecule has 6 heteroatoms. The van der Waals surface area contributed by atoms with E-state index in [0.29, 0.717) is 5.69 Å². The van der Waals surface area contributed by atoms with E-state index in [9.17, 15) is 8.42 Å². The Kier molecular flexibility index (Phi) is 6.51. The maximum absolute atomic E-state index is 13.9. The molecule has 2 aromatic heterocycles. The van der Waals surface area contributed by atoms with Crippen LogP contribution in [0.5, 0.6) is 0 Å². The first-order valence-corrected chi connectivity index (χ1v) is 14.4. The van der Waals surface area contributed by atoms with Gasteiger partial charge in [-0.1, -0.05) is 96.1 Å². The number of sulfonamides is 1. The lowest BCUT2D eigenvalue weighted by atomic mass is 10.0. The Morgan fingerprint density at radius 3 is 2.10 bits per heavy atom. The zero-order chi connectivity index (χ0) is 27.0. The number of pyridine rings is 1. The van der Waals surface area contributed by atoms with Crippen LogP contribution in [-0.4, -0.2) is 22.3 Å². The summed E-state index contributed by atoms with van der Waals surface area (Å²) in [4.78, 5) is 0.277. The minimum Gasteiger partial charge on any atom is -0.232 e. The molecule has 5 nitrogen and oxygen atoms in total. The van der Waals surface area contributed by atoms with Crippen molar-refractivity contribution in [1.29, 1.82) is 0 Å². The van der Waals surface area contributed by atoms with Crippen LogP contribution in [0, 0.1) is 13.8 Å². The van der Waals surface area contributed by atoms with E-state index in [1.807, 2.05) is 78.2 Å². The van der Waals surface area contributed by atoms with Gasteiger partial charge in [-0.05, 0) is 55.1 Å². The zero-order valence-electron chi connectivity index (χ0n) is 22.0. The van der Waals surface area contributed by atoms with Gasteiger partial charge in [-0.3, -0.25) is 0 Å². The number of aromatic nitrogens is 2. The number of fused-ring (bicyclic) bond motifs is 3. The Morgan fingerprint density at radius 2 is 1.38 bits per heavy atom. The number of hydrogen-bond donors (Lipinski definition) is 0. The van der Waals surface area contributed by atoms with E-state index in [1.165, 1.54) is 4.31 Å². The van der Waals surface area contributed by atoms with Gasteiger partial charge in [0.05, 0.1) is 28.3 Å². The van der Waals surface area contributed by atoms with Crippen LogP contribution in [0.3, 0.4) is 0 Å². The lowest BCUT2D eigenvalue weighted by Crippen LogP contribution is -2.30. The average Bonchev–Trinajstić information content (AvgIpc) is 3.38. The SMILES string of the molecule is Cc1ccc(S(=O)(=O)N(Cc2ccccc2)Cc2cc3c4cc(C)ccc4cc(-c4ccccc4)n3n2)cc1. The molecule has 0 fully saturated rings. The fraction of sp³-hybridized carbons (Fsp3) is 0.121. The van der Waals surface area contributed by atoms with Crippen LogP contribution in [0.2, 0.25) is 0 Å². The summed E-state index contributed by atoms with van der Waals surface area (Å²) in [5, 5.41) is 7.19. The van der Waals surface area contributed by atoms with Gasteiger partial charge in [-0.25, -0.2) is 12.9 Å². The fourth-order valence-electron chi connectivity index (χ4n) is 4.98. The van der Waals surface area contributed by atoms with Gasteiger partial charge in [-0.2, -0.15) is 9.40 Å². The van der Waals surface area contributed by atoms with E-state index in [0.717, 1.165) is 44.2 Å². The molecule has 4 aromatic carbocycles. The van der Waals surface area contributed by atoms with Gasteiger partial charge in [0.25, 0.3) is 0 Å². The molecular weight excluding hydrogens is 502 g/mol. The van der Waals surface area contributed by atoms with Crippen LogP contribution >= 0.6 is 0 Å². The monoisotopic (exact) mass is 531 g/mol. The number of aryl methyl sites for hydroxylation is 2. The number of rotatable bonds is 7. The molecule has 6 rings (SSSR count). The summed E-state index contributed by atoms with van der Waals surface area (Å²) >= 11 is 0. The second-order valence-corrected chi connectivity index (χ2v) is 11.9. The highest BCUT2D eigenvalue weighted by molar-refractivity contribution is 7.89. The van der Waals surface area contributed by atoms with Crippen molar-refractivity contribution in [2.45, 2.75) is 31.8 Å². The molecule has 0 unspecified atom stereocenters. The Labute approximate surface area is 229 Å². The van der Waals surface area contributed by atoms with Crippen molar-refractivity contribution >= 4 is 26.3 Å². The molecule has 194 valence electrons. The third-order valence-corrected chi connectivity index (χ3v) is 8.84. The standard InChI is InChI=1S/C33H29N3O2S/c1-24-14-17-30(18-15-24)39(37,38)35(22-26-9-5-3-6-10-26)23-29-21-33-31-19-25(2)13-16-28(31)20-32(36(33)34-29)27-11-7-4-8-12-27/h3-21H,22-23H2,1-2H3. The first-order chi connectivity index (χ1) is 18.9. The van der Waals surface area contributed by atoms with Crippen molar-refractivity contribution in [3.05, 3.63) is 138 Å².